The van der Waals surface area contributed by atoms with Crippen LogP contribution in [0, 0.1) is 0 Å². The van der Waals surface area contributed by atoms with Gasteiger partial charge in [-0.1, -0.05) is 35.4 Å². The van der Waals surface area contributed by atoms with Crippen LogP contribution in [0.15, 0.2) is 0 Å². The van der Waals surface area contributed by atoms with Crippen LogP contribution in [0.1, 0.15) is 20.3 Å². The number of amides is 1. The van der Waals surface area contributed by atoms with Gasteiger partial charge in [0.2, 0.25) is 0 Å². The van der Waals surface area contributed by atoms with Crippen LogP contribution in [0.25, 0.3) is 0 Å². The molecule has 7 heteroatoms. The quantitative estimate of drug-likeness (QED) is 0.349. The van der Waals surface area contributed by atoms with Gasteiger partial charge in [-0.3, -0.25) is 0 Å². The second kappa shape index (κ2) is 10.1. The number of aliphatic hydroxyl groups is 2. The lowest BCUT2D eigenvalue weighted by atomic mass is 10.3. The molecule has 0 fully saturated rings. The van der Waals surface area contributed by atoms with Gasteiger partial charge in [0.1, 0.15) is 0 Å². The normalized spacial score (nSPS) is 12.6. The van der Waals surface area contributed by atoms with Crippen LogP contribution in [0.3, 0.4) is 0 Å². The second-order valence-electron chi connectivity index (χ2n) is 2.99. The third-order valence-corrected chi connectivity index (χ3v) is 4.06. The van der Waals surface area contributed by atoms with E-state index in [9.17, 15) is 4.79 Å². The smallest absolute Gasteiger partial charge is 0.407 e. The molecule has 0 unspecified atom stereocenters. The van der Waals surface area contributed by atoms with E-state index in [1.165, 1.54) is 10.8 Å². The molecule has 3 N–H and O–H groups in total. The van der Waals surface area contributed by atoms with Gasteiger partial charge in [-0.15, -0.1) is 0 Å². The van der Waals surface area contributed by atoms with E-state index in [0.29, 0.717) is 12.4 Å². The molecular weight excluding hydrogens is 250 g/mol. The minimum atomic E-state index is -1.57. The molecule has 0 radical (unpaired) electrons. The molecule has 5 nitrogen and oxygen atoms in total. The van der Waals surface area contributed by atoms with Crippen molar-refractivity contribution in [3.63, 3.8) is 0 Å². The molecule has 1 atom stereocenters. The summed E-state index contributed by atoms with van der Waals surface area (Å²) >= 11 is 0. The van der Waals surface area contributed by atoms with Crippen LogP contribution in [0.4, 0.5) is 4.79 Å². The first kappa shape index (κ1) is 15.9. The van der Waals surface area contributed by atoms with E-state index in [-0.39, 0.29) is 0 Å². The predicted molar refractivity (Wildman–Crippen MR) is 67.4 cm³/mol. The zero-order valence-corrected chi connectivity index (χ0v) is 11.1. The highest BCUT2D eigenvalue weighted by atomic mass is 33.1. The summed E-state index contributed by atoms with van der Waals surface area (Å²) in [6, 6.07) is -0.701. The van der Waals surface area contributed by atoms with E-state index < -0.39 is 18.4 Å². The average Bonchev–Trinajstić information content (AvgIpc) is 2.25. The van der Waals surface area contributed by atoms with E-state index in [0.717, 1.165) is 12.2 Å². The Labute approximate surface area is 104 Å². The minimum absolute atomic E-state index is 0.330. The van der Waals surface area contributed by atoms with E-state index in [1.54, 1.807) is 10.8 Å². The van der Waals surface area contributed by atoms with Crippen molar-refractivity contribution in [2.24, 2.45) is 0 Å². The lowest BCUT2D eigenvalue weighted by Gasteiger charge is -2.19. The van der Waals surface area contributed by atoms with Crippen LogP contribution >= 0.6 is 21.6 Å². The Balaban J connectivity index is 3.87. The number of alkyl carbamates (subject to hydrolysis) is 1. The minimum Gasteiger partial charge on any atom is -0.450 e. The largest absolute Gasteiger partial charge is 0.450 e. The summed E-state index contributed by atoms with van der Waals surface area (Å²) in [6.07, 6.45) is -1.44. The van der Waals surface area contributed by atoms with Crippen molar-refractivity contribution in [3.8, 4) is 0 Å². The summed E-state index contributed by atoms with van der Waals surface area (Å²) in [5.74, 6) is 1.36. The molecule has 16 heavy (non-hydrogen) atoms. The summed E-state index contributed by atoms with van der Waals surface area (Å²) in [5.41, 5.74) is 0. The maximum absolute atomic E-state index is 11.2. The first-order chi connectivity index (χ1) is 7.61. The van der Waals surface area contributed by atoms with Crippen molar-refractivity contribution in [2.75, 3.05) is 18.1 Å². The van der Waals surface area contributed by atoms with Crippen LogP contribution in [-0.4, -0.2) is 46.8 Å². The third-order valence-electron chi connectivity index (χ3n) is 1.55. The number of rotatable bonds is 8. The molecule has 0 aromatic carbocycles. The molecule has 0 aliphatic heterocycles. The van der Waals surface area contributed by atoms with Crippen molar-refractivity contribution in [1.82, 2.24) is 5.32 Å². The van der Waals surface area contributed by atoms with Crippen molar-refractivity contribution in [1.29, 1.82) is 0 Å². The molecular formula is C9H19NO4S2. The van der Waals surface area contributed by atoms with E-state index in [2.05, 4.69) is 5.32 Å². The first-order valence-electron chi connectivity index (χ1n) is 5.15. The highest BCUT2D eigenvalue weighted by Crippen LogP contribution is 2.21. The monoisotopic (exact) mass is 269 g/mol. The molecule has 0 aromatic rings. The lowest BCUT2D eigenvalue weighted by Crippen LogP contribution is -2.45. The summed E-state index contributed by atoms with van der Waals surface area (Å²) in [5, 5.41) is 20.5. The Bertz CT molecular complexity index is 192. The molecule has 0 spiro atoms. The van der Waals surface area contributed by atoms with Gasteiger partial charge < -0.3 is 20.3 Å². The molecule has 0 bridgehead atoms. The van der Waals surface area contributed by atoms with Crippen molar-refractivity contribution in [3.05, 3.63) is 0 Å². The third kappa shape index (κ3) is 8.09. The van der Waals surface area contributed by atoms with Crippen molar-refractivity contribution in [2.45, 2.75) is 32.6 Å². The van der Waals surface area contributed by atoms with Crippen LogP contribution in [0.2, 0.25) is 0 Å². The number of hydrogen-bond acceptors (Lipinski definition) is 6. The van der Waals surface area contributed by atoms with Gasteiger partial charge in [0.25, 0.3) is 0 Å². The SMILES string of the molecule is CCCOC(=O)N[C@@H](CSSCC)C(O)O. The Kier molecular flexibility index (Phi) is 10.0. The number of aliphatic hydroxyl groups excluding tert-OH is 1. The fourth-order valence-corrected chi connectivity index (χ4v) is 2.69. The fourth-order valence-electron chi connectivity index (χ4n) is 0.795. The highest BCUT2D eigenvalue weighted by Gasteiger charge is 2.19. The van der Waals surface area contributed by atoms with E-state index in [1.807, 2.05) is 13.8 Å². The molecule has 0 heterocycles. The summed E-state index contributed by atoms with van der Waals surface area (Å²) in [6.45, 7) is 4.22. The molecule has 0 saturated carbocycles. The maximum Gasteiger partial charge on any atom is 0.407 e. The van der Waals surface area contributed by atoms with Crippen LogP contribution < -0.4 is 5.32 Å². The molecule has 0 aromatic heterocycles. The zero-order chi connectivity index (χ0) is 12.4. The number of nitrogens with one attached hydrogen (secondary N) is 1. The molecule has 0 rings (SSSR count). The second-order valence-corrected chi connectivity index (χ2v) is 5.79. The summed E-state index contributed by atoms with van der Waals surface area (Å²) < 4.78 is 4.79. The van der Waals surface area contributed by atoms with Gasteiger partial charge in [0, 0.05) is 11.5 Å². The van der Waals surface area contributed by atoms with Gasteiger partial charge in [-0.2, -0.15) is 0 Å². The van der Waals surface area contributed by atoms with Gasteiger partial charge in [-0.05, 0) is 6.42 Å². The molecule has 0 aliphatic rings. The molecule has 96 valence electrons. The van der Waals surface area contributed by atoms with Crippen LogP contribution in [-0.2, 0) is 4.74 Å². The molecule has 0 aliphatic carbocycles. The highest BCUT2D eigenvalue weighted by molar-refractivity contribution is 8.76. The number of carbonyl (C=O) groups is 1. The zero-order valence-electron chi connectivity index (χ0n) is 9.51. The number of carbonyl (C=O) groups excluding carboxylic acids is 1. The lowest BCUT2D eigenvalue weighted by molar-refractivity contribution is -0.0604. The van der Waals surface area contributed by atoms with Gasteiger partial charge in [0.15, 0.2) is 6.29 Å². The maximum atomic E-state index is 11.2. The predicted octanol–water partition coefficient (Wildman–Crippen LogP) is 1.20. The van der Waals surface area contributed by atoms with Crippen LogP contribution in [0.5, 0.6) is 0 Å². The topological polar surface area (TPSA) is 78.8 Å². The average molecular weight is 269 g/mol. The van der Waals surface area contributed by atoms with Crippen molar-refractivity contribution < 1.29 is 19.7 Å². The van der Waals surface area contributed by atoms with E-state index >= 15 is 0 Å². The Morgan fingerprint density at radius 3 is 2.56 bits per heavy atom. The summed E-state index contributed by atoms with van der Waals surface area (Å²) in [7, 11) is 3.08. The number of ether oxygens (including phenoxy) is 1. The molecule has 0 saturated heterocycles. The first-order valence-corrected chi connectivity index (χ1v) is 7.64. The van der Waals surface area contributed by atoms with Crippen molar-refractivity contribution >= 4 is 27.7 Å². The molecule has 1 amide bonds. The van der Waals surface area contributed by atoms with Gasteiger partial charge >= 0.3 is 6.09 Å². The number of hydrogen-bond donors (Lipinski definition) is 3. The summed E-state index contributed by atoms with van der Waals surface area (Å²) in [4.78, 5) is 11.2. The standard InChI is InChI=1S/C9H19NO4S2/c1-3-5-14-9(13)10-7(8(11)12)6-16-15-4-2/h7-8,11-12H,3-6H2,1-2H3,(H,10,13)/t7-/m0/s1. The Morgan fingerprint density at radius 1 is 1.38 bits per heavy atom. The Hall–Kier alpha value is -0.110. The van der Waals surface area contributed by atoms with E-state index in [4.69, 9.17) is 14.9 Å². The van der Waals surface area contributed by atoms with Gasteiger partial charge in [-0.25, -0.2) is 4.79 Å². The fraction of sp³-hybridized carbons (Fsp3) is 0.889. The Morgan fingerprint density at radius 2 is 2.06 bits per heavy atom. The van der Waals surface area contributed by atoms with Gasteiger partial charge in [0.05, 0.1) is 12.6 Å².